The van der Waals surface area contributed by atoms with Gasteiger partial charge in [0.2, 0.25) is 0 Å². The van der Waals surface area contributed by atoms with Gasteiger partial charge in [0.1, 0.15) is 5.69 Å². The highest BCUT2D eigenvalue weighted by Crippen LogP contribution is 2.37. The van der Waals surface area contributed by atoms with Crippen LogP contribution in [0.3, 0.4) is 0 Å². The lowest BCUT2D eigenvalue weighted by molar-refractivity contribution is 0.0929. The summed E-state index contributed by atoms with van der Waals surface area (Å²) in [6, 6.07) is 12.9. The molecule has 0 spiro atoms. The van der Waals surface area contributed by atoms with E-state index >= 15 is 0 Å². The first-order valence-electron chi connectivity index (χ1n) is 7.39. The molecule has 1 aliphatic rings. The Balaban J connectivity index is 2.10. The number of carbonyl (C=O) groups excluding carboxylic acids is 1. The summed E-state index contributed by atoms with van der Waals surface area (Å²) >= 11 is 12.4. The van der Waals surface area contributed by atoms with E-state index in [2.05, 4.69) is 11.4 Å². The summed E-state index contributed by atoms with van der Waals surface area (Å²) in [6.07, 6.45) is 0. The van der Waals surface area contributed by atoms with Crippen LogP contribution >= 0.6 is 23.2 Å². The van der Waals surface area contributed by atoms with Gasteiger partial charge in [-0.05, 0) is 30.3 Å². The normalized spacial score (nSPS) is 13.5. The van der Waals surface area contributed by atoms with Crippen molar-refractivity contribution >= 4 is 40.0 Å². The van der Waals surface area contributed by atoms with Gasteiger partial charge in [-0.15, -0.1) is 0 Å². The second-order valence-electron chi connectivity index (χ2n) is 5.63. The van der Waals surface area contributed by atoms with Crippen molar-refractivity contribution < 1.29 is 4.79 Å². The molecule has 0 saturated heterocycles. The molecule has 1 aromatic heterocycles. The maximum absolute atomic E-state index is 12.1. The predicted octanol–water partition coefficient (Wildman–Crippen LogP) is 4.23. The number of halogens is 2. The SMILES string of the molecule is N#Cc1cc(-c2ccc(Cl)cc2Cl)c2c(c1)cc1n2CCNC1=O. The minimum Gasteiger partial charge on any atom is -0.349 e. The molecule has 0 saturated carbocycles. The third-order valence-corrected chi connectivity index (χ3v) is 4.74. The third kappa shape index (κ3) is 2.25. The average Bonchev–Trinajstić information content (AvgIpc) is 2.94. The number of hydrogen-bond donors (Lipinski definition) is 1. The highest BCUT2D eigenvalue weighted by atomic mass is 35.5. The van der Waals surface area contributed by atoms with E-state index in [1.54, 1.807) is 24.3 Å². The fourth-order valence-corrected chi connectivity index (χ4v) is 3.69. The largest absolute Gasteiger partial charge is 0.349 e. The third-order valence-electron chi connectivity index (χ3n) is 4.20. The van der Waals surface area contributed by atoms with Gasteiger partial charge in [0.25, 0.3) is 5.91 Å². The van der Waals surface area contributed by atoms with E-state index in [1.807, 2.05) is 16.7 Å². The molecule has 2 aromatic carbocycles. The second-order valence-corrected chi connectivity index (χ2v) is 6.48. The highest BCUT2D eigenvalue weighted by Gasteiger charge is 2.22. The minimum atomic E-state index is -0.107. The Morgan fingerprint density at radius 2 is 1.96 bits per heavy atom. The number of nitriles is 1. The maximum atomic E-state index is 12.1. The number of amides is 1. The van der Waals surface area contributed by atoms with Crippen molar-refractivity contribution in [3.63, 3.8) is 0 Å². The molecule has 0 atom stereocenters. The van der Waals surface area contributed by atoms with Crippen molar-refractivity contribution in [1.82, 2.24) is 9.88 Å². The molecule has 1 amide bonds. The van der Waals surface area contributed by atoms with Crippen molar-refractivity contribution in [2.24, 2.45) is 0 Å². The molecular weight excluding hydrogens is 345 g/mol. The summed E-state index contributed by atoms with van der Waals surface area (Å²) in [5, 5.41) is 14.1. The molecule has 0 aliphatic carbocycles. The lowest BCUT2D eigenvalue weighted by Gasteiger charge is -2.18. The molecule has 0 fully saturated rings. The smallest absolute Gasteiger partial charge is 0.268 e. The van der Waals surface area contributed by atoms with Gasteiger partial charge in [0.15, 0.2) is 0 Å². The molecule has 4 nitrogen and oxygen atoms in total. The van der Waals surface area contributed by atoms with Gasteiger partial charge < -0.3 is 9.88 Å². The fraction of sp³-hybridized carbons (Fsp3) is 0.111. The van der Waals surface area contributed by atoms with Crippen molar-refractivity contribution in [1.29, 1.82) is 5.26 Å². The Hall–Kier alpha value is -2.48. The summed E-state index contributed by atoms with van der Waals surface area (Å²) in [4.78, 5) is 12.1. The van der Waals surface area contributed by atoms with E-state index in [-0.39, 0.29) is 5.91 Å². The van der Waals surface area contributed by atoms with Gasteiger partial charge >= 0.3 is 0 Å². The van der Waals surface area contributed by atoms with Gasteiger partial charge in [-0.2, -0.15) is 5.26 Å². The van der Waals surface area contributed by atoms with Crippen molar-refractivity contribution in [3.8, 4) is 17.2 Å². The molecule has 2 heterocycles. The molecule has 4 rings (SSSR count). The van der Waals surface area contributed by atoms with Crippen molar-refractivity contribution in [3.05, 3.63) is 57.7 Å². The number of hydrogen-bond acceptors (Lipinski definition) is 2. The van der Waals surface area contributed by atoms with Crippen LogP contribution in [0.25, 0.3) is 22.0 Å². The van der Waals surface area contributed by atoms with E-state index in [4.69, 9.17) is 23.2 Å². The predicted molar refractivity (Wildman–Crippen MR) is 94.4 cm³/mol. The molecule has 118 valence electrons. The molecule has 24 heavy (non-hydrogen) atoms. The first kappa shape index (κ1) is 15.1. The quantitative estimate of drug-likeness (QED) is 0.709. The number of nitrogens with one attached hydrogen (secondary N) is 1. The lowest BCUT2D eigenvalue weighted by Crippen LogP contribution is -2.34. The van der Waals surface area contributed by atoms with Crippen LogP contribution in [-0.4, -0.2) is 17.0 Å². The van der Waals surface area contributed by atoms with Crippen LogP contribution in [0.2, 0.25) is 10.0 Å². The molecule has 6 heteroatoms. The summed E-state index contributed by atoms with van der Waals surface area (Å²) in [5.74, 6) is -0.107. The molecule has 1 aliphatic heterocycles. The molecule has 0 radical (unpaired) electrons. The molecule has 0 bridgehead atoms. The van der Waals surface area contributed by atoms with Gasteiger partial charge in [0, 0.05) is 39.6 Å². The number of aromatic nitrogens is 1. The molecule has 1 N–H and O–H groups in total. The van der Waals surface area contributed by atoms with Crippen molar-refractivity contribution in [2.45, 2.75) is 6.54 Å². The van der Waals surface area contributed by atoms with Crippen LogP contribution < -0.4 is 5.32 Å². The zero-order valence-corrected chi connectivity index (χ0v) is 13.9. The molecule has 3 aromatic rings. The number of fused-ring (bicyclic) bond motifs is 3. The molecule has 0 unspecified atom stereocenters. The lowest BCUT2D eigenvalue weighted by atomic mass is 10.00. The van der Waals surface area contributed by atoms with Crippen LogP contribution in [0.1, 0.15) is 16.1 Å². The van der Waals surface area contributed by atoms with Crippen molar-refractivity contribution in [2.75, 3.05) is 6.54 Å². The Bertz CT molecular complexity index is 1050. The monoisotopic (exact) mass is 355 g/mol. The van der Waals surface area contributed by atoms with Gasteiger partial charge in [-0.25, -0.2) is 0 Å². The Labute approximate surface area is 148 Å². The summed E-state index contributed by atoms with van der Waals surface area (Å²) in [5.41, 5.74) is 3.63. The van der Waals surface area contributed by atoms with E-state index < -0.39 is 0 Å². The van der Waals surface area contributed by atoms with Gasteiger partial charge in [0.05, 0.1) is 17.1 Å². The number of carbonyl (C=O) groups is 1. The number of nitrogens with zero attached hydrogens (tertiary/aromatic N) is 2. The molecular formula is C18H11Cl2N3O. The number of benzene rings is 2. The van der Waals surface area contributed by atoms with Crippen LogP contribution in [-0.2, 0) is 6.54 Å². The number of rotatable bonds is 1. The topological polar surface area (TPSA) is 57.8 Å². The highest BCUT2D eigenvalue weighted by molar-refractivity contribution is 6.36. The van der Waals surface area contributed by atoms with E-state index in [0.717, 1.165) is 22.0 Å². The Kier molecular flexibility index (Phi) is 3.49. The van der Waals surface area contributed by atoms with Gasteiger partial charge in [-0.1, -0.05) is 29.3 Å². The zero-order chi connectivity index (χ0) is 16.8. The van der Waals surface area contributed by atoms with Crippen LogP contribution in [0, 0.1) is 11.3 Å². The van der Waals surface area contributed by atoms with Crippen LogP contribution in [0.4, 0.5) is 0 Å². The minimum absolute atomic E-state index is 0.107. The fourth-order valence-electron chi connectivity index (χ4n) is 3.18. The summed E-state index contributed by atoms with van der Waals surface area (Å²) in [7, 11) is 0. The maximum Gasteiger partial charge on any atom is 0.268 e. The standard InChI is InChI=1S/C18H11Cl2N3O/c19-12-1-2-13(15(20)8-12)14-6-10(9-21)5-11-7-16-18(24)22-3-4-23(16)17(11)14/h1-2,5-8H,3-4H2,(H,22,24). The van der Waals surface area contributed by atoms with E-state index in [9.17, 15) is 10.1 Å². The zero-order valence-electron chi connectivity index (χ0n) is 12.4. The first-order valence-corrected chi connectivity index (χ1v) is 8.15. The van der Waals surface area contributed by atoms with Crippen LogP contribution in [0.5, 0.6) is 0 Å². The Morgan fingerprint density at radius 1 is 1.12 bits per heavy atom. The summed E-state index contributed by atoms with van der Waals surface area (Å²) < 4.78 is 1.98. The van der Waals surface area contributed by atoms with Crippen LogP contribution in [0.15, 0.2) is 36.4 Å². The van der Waals surface area contributed by atoms with E-state index in [1.165, 1.54) is 0 Å². The second kappa shape index (κ2) is 5.55. The van der Waals surface area contributed by atoms with Gasteiger partial charge in [-0.3, -0.25) is 4.79 Å². The average molecular weight is 356 g/mol. The van der Waals surface area contributed by atoms with E-state index in [0.29, 0.717) is 34.4 Å². The first-order chi connectivity index (χ1) is 11.6. The Morgan fingerprint density at radius 3 is 2.71 bits per heavy atom. The summed E-state index contributed by atoms with van der Waals surface area (Å²) in [6.45, 7) is 1.25.